The van der Waals surface area contributed by atoms with E-state index in [1.54, 1.807) is 21.9 Å². The van der Waals surface area contributed by atoms with Gasteiger partial charge in [0.1, 0.15) is 12.9 Å². The Hall–Kier alpha value is -2.96. The lowest BCUT2D eigenvalue weighted by atomic mass is 10.1. The van der Waals surface area contributed by atoms with E-state index >= 15 is 0 Å². The number of anilines is 1. The number of carbonyl (C=O) groups excluding carboxylic acids is 1. The fourth-order valence-corrected chi connectivity index (χ4v) is 2.25. The maximum atomic E-state index is 12.0. The molecule has 2 aromatic heterocycles. The molecule has 0 bridgehead atoms. The number of rotatable bonds is 5. The summed E-state index contributed by atoms with van der Waals surface area (Å²) in [5.74, 6) is 0.0919. The maximum Gasteiger partial charge on any atom is 0.248 e. The minimum absolute atomic E-state index is 0.139. The number of aromatic nitrogens is 5. The van der Waals surface area contributed by atoms with E-state index in [1.165, 1.54) is 11.1 Å². The van der Waals surface area contributed by atoms with Crippen LogP contribution in [0.3, 0.4) is 0 Å². The van der Waals surface area contributed by atoms with Crippen molar-refractivity contribution < 1.29 is 4.79 Å². The largest absolute Gasteiger partial charge is 0.292 e. The normalized spacial score (nSPS) is 10.7. The number of aryl methyl sites for hydroxylation is 2. The summed E-state index contributed by atoms with van der Waals surface area (Å²) in [4.78, 5) is 16.1. The average Bonchev–Trinajstić information content (AvgIpc) is 3.11. The van der Waals surface area contributed by atoms with Crippen molar-refractivity contribution in [3.05, 3.63) is 59.7 Å². The molecule has 118 valence electrons. The third kappa shape index (κ3) is 3.82. The Morgan fingerprint density at radius 2 is 1.96 bits per heavy atom. The van der Waals surface area contributed by atoms with Gasteiger partial charge in [0.25, 0.3) is 0 Å². The van der Waals surface area contributed by atoms with Crippen molar-refractivity contribution in [1.29, 1.82) is 0 Å². The van der Waals surface area contributed by atoms with E-state index in [2.05, 4.69) is 39.6 Å². The Morgan fingerprint density at radius 3 is 2.70 bits per heavy atom. The van der Waals surface area contributed by atoms with E-state index in [4.69, 9.17) is 0 Å². The minimum atomic E-state index is -0.207. The first-order valence-electron chi connectivity index (χ1n) is 7.34. The van der Waals surface area contributed by atoms with Crippen molar-refractivity contribution in [3.8, 4) is 0 Å². The highest BCUT2D eigenvalue weighted by molar-refractivity contribution is 5.88. The Morgan fingerprint density at radius 1 is 1.13 bits per heavy atom. The highest BCUT2D eigenvalue weighted by atomic mass is 16.2. The molecule has 0 saturated heterocycles. The zero-order valence-electron chi connectivity index (χ0n) is 13.1. The van der Waals surface area contributed by atoms with Gasteiger partial charge in [0.15, 0.2) is 0 Å². The molecule has 7 heteroatoms. The molecule has 7 nitrogen and oxygen atoms in total. The van der Waals surface area contributed by atoms with Crippen LogP contribution in [-0.4, -0.2) is 30.5 Å². The third-order valence-electron chi connectivity index (χ3n) is 3.46. The molecule has 0 atom stereocenters. The number of amides is 1. The molecule has 0 radical (unpaired) electrons. The quantitative estimate of drug-likeness (QED) is 0.779. The fourth-order valence-electron chi connectivity index (χ4n) is 2.25. The highest BCUT2D eigenvalue weighted by Gasteiger charge is 2.08. The van der Waals surface area contributed by atoms with Crippen LogP contribution >= 0.6 is 0 Å². The summed E-state index contributed by atoms with van der Waals surface area (Å²) in [6.45, 7) is 4.69. The van der Waals surface area contributed by atoms with Crippen LogP contribution in [-0.2, 0) is 17.9 Å². The summed E-state index contributed by atoms with van der Waals surface area (Å²) in [5.41, 5.74) is 3.24. The summed E-state index contributed by atoms with van der Waals surface area (Å²) in [6, 6.07) is 9.95. The Kier molecular flexibility index (Phi) is 4.18. The number of hydrogen-bond donors (Lipinski definition) is 1. The molecule has 0 spiro atoms. The van der Waals surface area contributed by atoms with Crippen LogP contribution in [0.4, 0.5) is 5.95 Å². The van der Waals surface area contributed by atoms with Gasteiger partial charge in [0.05, 0.1) is 12.2 Å². The third-order valence-corrected chi connectivity index (χ3v) is 3.46. The Labute approximate surface area is 134 Å². The molecule has 1 amide bonds. The smallest absolute Gasteiger partial charge is 0.248 e. The fraction of sp³-hybridized carbons (Fsp3) is 0.250. The Balaban J connectivity index is 1.61. The molecular weight excluding hydrogens is 292 g/mol. The first kappa shape index (κ1) is 15.0. The maximum absolute atomic E-state index is 12.0. The predicted molar refractivity (Wildman–Crippen MR) is 85.9 cm³/mol. The molecule has 0 unspecified atom stereocenters. The number of carbonyl (C=O) groups is 1. The van der Waals surface area contributed by atoms with Crippen LogP contribution in [0.1, 0.15) is 16.8 Å². The van der Waals surface area contributed by atoms with Crippen molar-refractivity contribution in [2.75, 3.05) is 5.32 Å². The second kappa shape index (κ2) is 6.43. The van der Waals surface area contributed by atoms with Gasteiger partial charge in [-0.15, -0.1) is 5.10 Å². The molecule has 3 aromatic rings. The number of benzene rings is 1. The molecule has 0 saturated carbocycles. The van der Waals surface area contributed by atoms with Crippen LogP contribution < -0.4 is 5.32 Å². The van der Waals surface area contributed by atoms with Crippen molar-refractivity contribution in [2.45, 2.75) is 26.9 Å². The Bertz CT molecular complexity index is 819. The van der Waals surface area contributed by atoms with Crippen molar-refractivity contribution >= 4 is 11.9 Å². The minimum Gasteiger partial charge on any atom is -0.292 e. The molecule has 0 aliphatic carbocycles. The molecule has 2 heterocycles. The van der Waals surface area contributed by atoms with Gasteiger partial charge < -0.3 is 0 Å². The van der Waals surface area contributed by atoms with Gasteiger partial charge in [-0.3, -0.25) is 14.8 Å². The molecule has 1 N–H and O–H groups in total. The van der Waals surface area contributed by atoms with Crippen LogP contribution in [0.5, 0.6) is 0 Å². The summed E-state index contributed by atoms with van der Waals surface area (Å²) in [6.07, 6.45) is 3.37. The molecule has 1 aromatic carbocycles. The zero-order valence-corrected chi connectivity index (χ0v) is 13.1. The monoisotopic (exact) mass is 310 g/mol. The van der Waals surface area contributed by atoms with E-state index in [-0.39, 0.29) is 12.5 Å². The second-order valence-corrected chi connectivity index (χ2v) is 5.40. The first-order valence-corrected chi connectivity index (χ1v) is 7.34. The van der Waals surface area contributed by atoms with E-state index < -0.39 is 0 Å². The van der Waals surface area contributed by atoms with Crippen molar-refractivity contribution in [2.24, 2.45) is 0 Å². The molecular formula is C16H18N6O. The van der Waals surface area contributed by atoms with Crippen molar-refractivity contribution in [1.82, 2.24) is 24.5 Å². The van der Waals surface area contributed by atoms with Crippen LogP contribution in [0.2, 0.25) is 0 Å². The molecule has 23 heavy (non-hydrogen) atoms. The summed E-state index contributed by atoms with van der Waals surface area (Å²) >= 11 is 0. The van der Waals surface area contributed by atoms with Gasteiger partial charge >= 0.3 is 0 Å². The van der Waals surface area contributed by atoms with E-state index in [0.29, 0.717) is 12.5 Å². The van der Waals surface area contributed by atoms with Crippen LogP contribution in [0.25, 0.3) is 0 Å². The second-order valence-electron chi connectivity index (χ2n) is 5.40. The van der Waals surface area contributed by atoms with Crippen LogP contribution in [0.15, 0.2) is 42.9 Å². The summed E-state index contributed by atoms with van der Waals surface area (Å²) in [7, 11) is 0. The van der Waals surface area contributed by atoms with E-state index in [9.17, 15) is 4.79 Å². The van der Waals surface area contributed by atoms with Crippen LogP contribution in [0, 0.1) is 13.8 Å². The summed E-state index contributed by atoms with van der Waals surface area (Å²) in [5, 5.41) is 11.1. The van der Waals surface area contributed by atoms with Gasteiger partial charge in [0.2, 0.25) is 11.9 Å². The average molecular weight is 310 g/mol. The zero-order chi connectivity index (χ0) is 16.2. The van der Waals surface area contributed by atoms with Gasteiger partial charge in [-0.2, -0.15) is 5.10 Å². The molecule has 3 rings (SSSR count). The predicted octanol–water partition coefficient (Wildman–Crippen LogP) is 1.78. The van der Waals surface area contributed by atoms with E-state index in [0.717, 1.165) is 5.69 Å². The highest BCUT2D eigenvalue weighted by Crippen LogP contribution is 2.09. The number of nitrogens with one attached hydrogen (secondary N) is 1. The number of nitrogens with zero attached hydrogens (tertiary/aromatic N) is 5. The number of hydrogen-bond acceptors (Lipinski definition) is 4. The van der Waals surface area contributed by atoms with Gasteiger partial charge in [-0.1, -0.05) is 24.3 Å². The molecule has 0 fully saturated rings. The van der Waals surface area contributed by atoms with Gasteiger partial charge in [-0.25, -0.2) is 9.67 Å². The lowest BCUT2D eigenvalue weighted by Gasteiger charge is -2.04. The molecule has 0 aliphatic heterocycles. The molecule has 0 aliphatic rings. The first-order chi connectivity index (χ1) is 11.1. The lowest BCUT2D eigenvalue weighted by Crippen LogP contribution is -2.20. The standard InChI is InChI=1S/C16H18N6O/c1-12-5-3-4-6-14(12)9-22-11-17-16(20-22)18-15(23)10-21-8-7-13(2)19-21/h3-8,11H,9-10H2,1-2H3,(H,18,20,23). The summed E-state index contributed by atoms with van der Waals surface area (Å²) < 4.78 is 3.28. The SMILES string of the molecule is Cc1ccn(CC(=O)Nc2ncn(Cc3ccccc3C)n2)n1. The lowest BCUT2D eigenvalue weighted by molar-refractivity contribution is -0.116. The van der Waals surface area contributed by atoms with Gasteiger partial charge in [-0.05, 0) is 31.0 Å². The van der Waals surface area contributed by atoms with Crippen molar-refractivity contribution in [3.63, 3.8) is 0 Å². The van der Waals surface area contributed by atoms with Gasteiger partial charge in [0, 0.05) is 6.20 Å². The topological polar surface area (TPSA) is 77.6 Å². The van der Waals surface area contributed by atoms with E-state index in [1.807, 2.05) is 25.1 Å².